The average Bonchev–Trinajstić information content (AvgIpc) is 3.88. The molecule has 2 aliphatic rings. The fraction of sp³-hybridized carbons (Fsp3) is 0.375. The van der Waals surface area contributed by atoms with Crippen LogP contribution in [0.5, 0.6) is 0 Å². The summed E-state index contributed by atoms with van der Waals surface area (Å²) in [5.74, 6) is 0.0322. The number of ether oxygens (including phenoxy) is 4. The maximum atomic E-state index is 12.2. The zero-order chi connectivity index (χ0) is 59.2. The lowest BCUT2D eigenvalue weighted by atomic mass is 10.1. The van der Waals surface area contributed by atoms with Crippen molar-refractivity contribution in [1.29, 1.82) is 0 Å². The third-order valence-electron chi connectivity index (χ3n) is 9.17. The molecule has 10 N–H and O–H groups in total. The fourth-order valence-corrected chi connectivity index (χ4v) is 10.4. The van der Waals surface area contributed by atoms with Crippen LogP contribution in [0.25, 0.3) is 0 Å². The molecule has 0 bridgehead atoms. The first-order valence-electron chi connectivity index (χ1n) is 20.3. The number of anilines is 2. The molecule has 4 heterocycles. The van der Waals surface area contributed by atoms with E-state index in [9.17, 15) is 86.8 Å². The number of rotatable bonds is 20. The monoisotopic (exact) mass is 1290 g/mol. The maximum Gasteiger partial charge on any atom is 0.490 e. The van der Waals surface area contributed by atoms with Crippen LogP contribution in [0.3, 0.4) is 0 Å². The molecule has 0 amide bonds. The van der Waals surface area contributed by atoms with E-state index in [1.165, 1.54) is 59.4 Å². The van der Waals surface area contributed by atoms with E-state index in [0.717, 1.165) is 4.57 Å². The number of aromatic nitrogens is 4. The van der Waals surface area contributed by atoms with E-state index >= 15 is 0 Å². The number of nitro groups is 2. The highest BCUT2D eigenvalue weighted by molar-refractivity contribution is 8.24. The number of hydrogen-bond acceptors (Lipinski definition) is 28. The first kappa shape index (κ1) is 68.4. The van der Waals surface area contributed by atoms with Crippen molar-refractivity contribution >= 4 is 101 Å². The molecule has 2 aromatic carbocycles. The van der Waals surface area contributed by atoms with Gasteiger partial charge in [-0.2, -0.15) is 18.6 Å². The zero-order valence-electron chi connectivity index (χ0n) is 38.4. The van der Waals surface area contributed by atoms with Crippen LogP contribution in [0, 0.1) is 20.2 Å². The van der Waals surface area contributed by atoms with Crippen LogP contribution in [-0.4, -0.2) is 96.2 Å². The van der Waals surface area contributed by atoms with Crippen molar-refractivity contribution in [2.75, 3.05) is 24.7 Å². The van der Waals surface area contributed by atoms with E-state index < -0.39 is 109 Å². The third-order valence-corrected chi connectivity index (χ3v) is 14.6. The highest BCUT2D eigenvalue weighted by Crippen LogP contribution is 2.66. The number of nitro benzene ring substituents is 2. The van der Waals surface area contributed by atoms with E-state index in [4.69, 9.17) is 45.1 Å². The van der Waals surface area contributed by atoms with E-state index in [0.29, 0.717) is 5.56 Å². The summed E-state index contributed by atoms with van der Waals surface area (Å²) >= 11 is 13.8. The van der Waals surface area contributed by atoms with Gasteiger partial charge in [0.2, 0.25) is 0 Å². The van der Waals surface area contributed by atoms with Gasteiger partial charge in [-0.3, -0.25) is 47.3 Å². The lowest BCUT2D eigenvalue weighted by molar-refractivity contribution is -0.386. The van der Waals surface area contributed by atoms with E-state index in [1.807, 2.05) is 0 Å². The summed E-state index contributed by atoms with van der Waals surface area (Å²) in [5.41, 5.74) is 9.90. The summed E-state index contributed by atoms with van der Waals surface area (Å²) in [4.78, 5) is 125. The summed E-state index contributed by atoms with van der Waals surface area (Å²) in [6, 6.07) is 14.7. The molecule has 4 aromatic rings. The Balaban J connectivity index is 0.000000342. The number of nitrogen functional groups attached to an aromatic ring is 2. The summed E-state index contributed by atoms with van der Waals surface area (Å²) in [5, 5.41) is 28.6. The molecule has 2 aliphatic heterocycles. The Morgan fingerprint density at radius 2 is 1.05 bits per heavy atom. The van der Waals surface area contributed by atoms with Crippen molar-refractivity contribution in [1.82, 2.24) is 19.1 Å². The molecule has 0 radical (unpaired) electrons. The number of phosphoric ester groups is 1. The number of para-hydroxylation sites is 2. The topological polar surface area (TPSA) is 575 Å². The number of nitrogens with two attached hydrogens (primary N) is 2. The lowest BCUT2D eigenvalue weighted by Crippen LogP contribution is -2.29. The Morgan fingerprint density at radius 3 is 1.40 bits per heavy atom. The maximum absolute atomic E-state index is 12.2. The molecular formula is C32H40Cl3N8O29P6-3. The van der Waals surface area contributed by atoms with Gasteiger partial charge in [0.25, 0.3) is 19.2 Å². The van der Waals surface area contributed by atoms with Gasteiger partial charge in [-0.25, -0.2) is 23.3 Å². The molecule has 2 saturated heterocycles. The van der Waals surface area contributed by atoms with Crippen molar-refractivity contribution in [3.63, 3.8) is 0 Å². The molecular weight excluding hydrogens is 1250 g/mol. The Kier molecular flexibility index (Phi) is 25.7. The van der Waals surface area contributed by atoms with Gasteiger partial charge in [0.1, 0.15) is 36.3 Å². The fourth-order valence-electron chi connectivity index (χ4n) is 6.31. The lowest BCUT2D eigenvalue weighted by Gasteiger charge is -2.32. The first-order chi connectivity index (χ1) is 35.7. The summed E-state index contributed by atoms with van der Waals surface area (Å²) in [7, 11) is -27.9. The van der Waals surface area contributed by atoms with Crippen LogP contribution in [0.4, 0.5) is 23.0 Å². The molecule has 46 heteroatoms. The zero-order valence-corrected chi connectivity index (χ0v) is 46.0. The summed E-state index contributed by atoms with van der Waals surface area (Å²) in [6.45, 7) is -1.52. The molecule has 37 nitrogen and oxygen atoms in total. The minimum Gasteiger partial charge on any atom is -0.790 e. The number of aliphatic hydroxyl groups excluding tert-OH is 1. The minimum absolute atomic E-state index is 0.0106. The molecule has 78 heavy (non-hydrogen) atoms. The van der Waals surface area contributed by atoms with Gasteiger partial charge >= 0.3 is 40.0 Å². The van der Waals surface area contributed by atoms with Crippen LogP contribution in [0.2, 0.25) is 0 Å². The second-order valence-electron chi connectivity index (χ2n) is 14.8. The predicted molar refractivity (Wildman–Crippen MR) is 257 cm³/mol. The highest BCUT2D eigenvalue weighted by atomic mass is 36.0. The molecule has 0 saturated carbocycles. The van der Waals surface area contributed by atoms with Gasteiger partial charge in [0.15, 0.2) is 0 Å². The molecule has 2 fully saturated rings. The number of phosphoric acid groups is 5. The van der Waals surface area contributed by atoms with Crippen molar-refractivity contribution in [3.8, 4) is 0 Å². The largest absolute Gasteiger partial charge is 0.790 e. The van der Waals surface area contributed by atoms with Crippen LogP contribution < -0.4 is 37.5 Å². The molecule has 6 rings (SSSR count). The summed E-state index contributed by atoms with van der Waals surface area (Å²) < 4.78 is 102. The number of benzene rings is 2. The van der Waals surface area contributed by atoms with E-state index in [2.05, 4.69) is 61.1 Å². The van der Waals surface area contributed by atoms with Crippen molar-refractivity contribution < 1.29 is 118 Å². The minimum atomic E-state index is -5.75. The van der Waals surface area contributed by atoms with Gasteiger partial charge in [-0.1, -0.05) is 24.3 Å². The normalized spacial score (nSPS) is 21.6. The van der Waals surface area contributed by atoms with Gasteiger partial charge in [0.05, 0.1) is 67.4 Å². The molecule has 9 unspecified atom stereocenters. The predicted octanol–water partition coefficient (Wildman–Crippen LogP) is 1.65. The van der Waals surface area contributed by atoms with Gasteiger partial charge < -0.3 is 79.2 Å². The van der Waals surface area contributed by atoms with Crippen molar-refractivity contribution in [3.05, 3.63) is 125 Å². The van der Waals surface area contributed by atoms with Gasteiger partial charge in [0, 0.05) is 37.4 Å². The average molecular weight is 1290 g/mol. The molecule has 436 valence electrons. The number of halogens is 3. The smallest absolute Gasteiger partial charge is 0.490 e. The molecule has 0 spiro atoms. The highest BCUT2D eigenvalue weighted by Gasteiger charge is 2.44. The Morgan fingerprint density at radius 1 is 0.654 bits per heavy atom. The van der Waals surface area contributed by atoms with Crippen LogP contribution in [0.15, 0.2) is 82.6 Å². The Labute approximate surface area is 449 Å². The number of nitrogens with zero attached hydrogens (tertiary/aromatic N) is 6. The Bertz CT molecular complexity index is 3110. The summed E-state index contributed by atoms with van der Waals surface area (Å²) in [6.07, 6.45) is -2.29. The standard InChI is InChI=1S/C16H21N4O15P3.C16H18N4O6.Cl3OP.H4O7P2/c17-14-5-6-19(16(21)18-14)15-7-12(31-8-10-3-1-2-4-11(10)20(22)23)13(33-15)9-32-37(27,28)35-38(29,30)34-36(24,25)26;17-14-5-6-19(16(22)18-14)15-7-12(13(8-21)26-15)25-9-10-3-1-2-4-11(10)20(23)24;1-5(2,3)4;1-8(2,3)7-9(4,5)6/h1-6,12-13,15H,7-9H2,(H,27,28)(H,29,30)(H2,17,18,21)(H2,24,25,26);1-6,12-13,15,21H,7-9H2,(H2,17,18,22);;(H2,1,2,3)(H2,4,5,6)/p-3. The number of aliphatic hydroxyl groups is 1. The van der Waals surface area contributed by atoms with Crippen LogP contribution >= 0.6 is 78.0 Å². The van der Waals surface area contributed by atoms with Gasteiger partial charge in [-0.15, -0.1) is 0 Å². The molecule has 0 aliphatic carbocycles. The molecule has 2 aromatic heterocycles. The second-order valence-corrected chi connectivity index (χ2v) is 28.3. The molecule has 9 atom stereocenters. The second kappa shape index (κ2) is 29.2. The van der Waals surface area contributed by atoms with Crippen LogP contribution in [0.1, 0.15) is 36.4 Å². The quantitative estimate of drug-likeness (QED) is 0.0354. The first-order valence-corrected chi connectivity index (χ1v) is 32.2. The third kappa shape index (κ3) is 25.3. The van der Waals surface area contributed by atoms with Crippen LogP contribution in [-0.2, 0) is 77.0 Å². The Hall–Kier alpha value is -3.83. The van der Waals surface area contributed by atoms with Crippen molar-refractivity contribution in [2.24, 2.45) is 0 Å². The number of hydrogen-bond donors (Lipinski definition) is 8. The van der Waals surface area contributed by atoms with Crippen molar-refractivity contribution in [2.45, 2.75) is 62.9 Å². The van der Waals surface area contributed by atoms with E-state index in [-0.39, 0.29) is 61.2 Å². The SMILES string of the molecule is Nc1ccn(C2CC(OCc3ccccc3[N+](=O)[O-])C(CO)O2)c(=O)n1.Nc1ccn(C2CC(OCc3ccccc3[N+](=O)[O-])C(COP(=O)(O)OP(=O)(O)OP(=O)(O)O)O2)c(=O)n1.O=P(Cl)(Cl)Cl.O=P([O-])([O-])OP(=O)([O-])O. The van der Waals surface area contributed by atoms with Gasteiger partial charge in [-0.05, 0) is 58.0 Å². The van der Waals surface area contributed by atoms with E-state index in [1.54, 1.807) is 18.2 Å².